The minimum atomic E-state index is -0.425. The van der Waals surface area contributed by atoms with Crippen LogP contribution in [0.1, 0.15) is 50.6 Å². The highest BCUT2D eigenvalue weighted by molar-refractivity contribution is 6.04. The topological polar surface area (TPSA) is 61.4 Å². The van der Waals surface area contributed by atoms with Gasteiger partial charge in [0.2, 0.25) is 0 Å². The number of hydrogen-bond donors (Lipinski definition) is 1. The van der Waals surface area contributed by atoms with Gasteiger partial charge in [-0.25, -0.2) is 19.2 Å². The molecule has 152 valence electrons. The average molecular weight is 395 g/mol. The van der Waals surface area contributed by atoms with Gasteiger partial charge in [0, 0.05) is 24.7 Å². The number of aromatic nitrogens is 2. The summed E-state index contributed by atoms with van der Waals surface area (Å²) in [5.74, 6) is 1.84. The summed E-state index contributed by atoms with van der Waals surface area (Å²) >= 11 is 0. The van der Waals surface area contributed by atoms with E-state index in [9.17, 15) is 9.18 Å². The maximum atomic E-state index is 13.2. The predicted molar refractivity (Wildman–Crippen MR) is 111 cm³/mol. The molecule has 2 unspecified atom stereocenters. The maximum absolute atomic E-state index is 13.2. The molecule has 2 fully saturated rings. The van der Waals surface area contributed by atoms with Gasteiger partial charge in [0.25, 0.3) is 0 Å². The molecular formula is C22H26FN5O. The number of amides is 2. The highest BCUT2D eigenvalue weighted by Crippen LogP contribution is 2.42. The van der Waals surface area contributed by atoms with E-state index < -0.39 is 5.82 Å². The van der Waals surface area contributed by atoms with Gasteiger partial charge >= 0.3 is 6.03 Å². The smallest absolute Gasteiger partial charge is 0.329 e. The summed E-state index contributed by atoms with van der Waals surface area (Å²) in [6.45, 7) is 4.06. The van der Waals surface area contributed by atoms with Crippen molar-refractivity contribution < 1.29 is 9.18 Å². The molecule has 7 heteroatoms. The van der Waals surface area contributed by atoms with Crippen molar-refractivity contribution in [1.82, 2.24) is 9.97 Å². The zero-order chi connectivity index (χ0) is 20.0. The lowest BCUT2D eigenvalue weighted by Gasteiger charge is -2.36. The Morgan fingerprint density at radius 3 is 2.90 bits per heavy atom. The Morgan fingerprint density at radius 2 is 2.10 bits per heavy atom. The fourth-order valence-electron chi connectivity index (χ4n) is 5.04. The summed E-state index contributed by atoms with van der Waals surface area (Å²) in [5.41, 5.74) is 2.11. The Labute approximate surface area is 170 Å². The Balaban J connectivity index is 1.46. The van der Waals surface area contributed by atoms with Gasteiger partial charge in [-0.2, -0.15) is 0 Å². The predicted octanol–water partition coefficient (Wildman–Crippen LogP) is 4.54. The van der Waals surface area contributed by atoms with Gasteiger partial charge in [0.15, 0.2) is 5.82 Å². The molecule has 2 aliphatic heterocycles. The third kappa shape index (κ3) is 3.43. The van der Waals surface area contributed by atoms with Crippen LogP contribution >= 0.6 is 0 Å². The molecule has 2 amide bonds. The molecule has 4 heterocycles. The van der Waals surface area contributed by atoms with Crippen LogP contribution < -0.4 is 15.1 Å². The van der Waals surface area contributed by atoms with Gasteiger partial charge in [-0.05, 0) is 49.4 Å². The Kier molecular flexibility index (Phi) is 4.60. The summed E-state index contributed by atoms with van der Waals surface area (Å²) in [6.07, 6.45) is 6.87. The lowest BCUT2D eigenvalue weighted by molar-refractivity contribution is 0.254. The van der Waals surface area contributed by atoms with Gasteiger partial charge in [-0.1, -0.05) is 19.8 Å². The number of carbonyl (C=O) groups is 1. The molecule has 0 aromatic carbocycles. The summed E-state index contributed by atoms with van der Waals surface area (Å²) in [4.78, 5) is 26.3. The number of nitrogens with one attached hydrogen (secondary N) is 1. The molecule has 2 aromatic heterocycles. The first-order chi connectivity index (χ1) is 14.1. The molecule has 1 aliphatic carbocycles. The largest absolute Gasteiger partial charge is 0.366 e. The second kappa shape index (κ2) is 7.28. The molecule has 3 atom stereocenters. The van der Waals surface area contributed by atoms with E-state index in [1.54, 1.807) is 4.90 Å². The van der Waals surface area contributed by atoms with Crippen molar-refractivity contribution in [1.29, 1.82) is 0 Å². The third-order valence-corrected chi connectivity index (χ3v) is 6.51. The van der Waals surface area contributed by atoms with Gasteiger partial charge in [-0.3, -0.25) is 10.2 Å². The van der Waals surface area contributed by atoms with Crippen LogP contribution in [0.15, 0.2) is 30.5 Å². The number of anilines is 3. The number of pyridine rings is 2. The first-order valence-corrected chi connectivity index (χ1v) is 10.6. The highest BCUT2D eigenvalue weighted by atomic mass is 19.1. The van der Waals surface area contributed by atoms with Gasteiger partial charge in [-0.15, -0.1) is 0 Å². The maximum Gasteiger partial charge on any atom is 0.329 e. The molecule has 1 N–H and O–H groups in total. The first-order valence-electron chi connectivity index (χ1n) is 10.6. The summed E-state index contributed by atoms with van der Waals surface area (Å²) in [7, 11) is 0. The zero-order valence-electron chi connectivity index (χ0n) is 16.6. The van der Waals surface area contributed by atoms with E-state index in [4.69, 9.17) is 4.98 Å². The van der Waals surface area contributed by atoms with E-state index in [0.717, 1.165) is 61.7 Å². The quantitative estimate of drug-likeness (QED) is 0.811. The first kappa shape index (κ1) is 18.3. The third-order valence-electron chi connectivity index (χ3n) is 6.51. The summed E-state index contributed by atoms with van der Waals surface area (Å²) in [6, 6.07) is 6.90. The van der Waals surface area contributed by atoms with Crippen LogP contribution in [0.25, 0.3) is 0 Å². The van der Waals surface area contributed by atoms with Gasteiger partial charge in [0.1, 0.15) is 11.6 Å². The second-order valence-electron chi connectivity index (χ2n) is 8.60. The SMILES string of the molecule is CC1CCCC(c2ccc3c(n2)N(C(=O)Nc2ccc(F)cn2)[C@H]2CCN3C2)C1. The van der Waals surface area contributed by atoms with E-state index in [1.807, 2.05) is 0 Å². The van der Waals surface area contributed by atoms with E-state index in [-0.39, 0.29) is 12.1 Å². The number of carbonyl (C=O) groups excluding carboxylic acids is 1. The highest BCUT2D eigenvalue weighted by Gasteiger charge is 2.40. The molecule has 5 rings (SSSR count). The van der Waals surface area contributed by atoms with Crippen molar-refractivity contribution in [3.8, 4) is 0 Å². The van der Waals surface area contributed by atoms with E-state index in [0.29, 0.717) is 11.7 Å². The molecule has 3 aliphatic rings. The summed E-state index contributed by atoms with van der Waals surface area (Å²) in [5, 5.41) is 2.82. The minimum absolute atomic E-state index is 0.0935. The molecule has 0 radical (unpaired) electrons. The van der Waals surface area contributed by atoms with E-state index in [1.165, 1.54) is 25.0 Å². The van der Waals surface area contributed by atoms with E-state index in [2.05, 4.69) is 34.3 Å². The summed E-state index contributed by atoms with van der Waals surface area (Å²) < 4.78 is 13.1. The number of nitrogens with zero attached hydrogens (tertiary/aromatic N) is 4. The fourth-order valence-corrected chi connectivity index (χ4v) is 5.04. The van der Waals surface area contributed by atoms with E-state index >= 15 is 0 Å². The Bertz CT molecular complexity index is 918. The molecule has 2 bridgehead atoms. The van der Waals surface area contributed by atoms with Crippen LogP contribution in [0.5, 0.6) is 0 Å². The number of rotatable bonds is 2. The van der Waals surface area contributed by atoms with Crippen molar-refractivity contribution in [2.45, 2.75) is 51.0 Å². The molecule has 6 nitrogen and oxygen atoms in total. The lowest BCUT2D eigenvalue weighted by atomic mass is 9.80. The molecule has 1 saturated heterocycles. The number of hydrogen-bond acceptors (Lipinski definition) is 4. The Morgan fingerprint density at radius 1 is 1.21 bits per heavy atom. The zero-order valence-corrected chi connectivity index (χ0v) is 16.6. The molecular weight excluding hydrogens is 369 g/mol. The lowest BCUT2D eigenvalue weighted by Crippen LogP contribution is -2.48. The van der Waals surface area contributed by atoms with Crippen LogP contribution in [0.3, 0.4) is 0 Å². The van der Waals surface area contributed by atoms with Crippen molar-refractivity contribution in [3.63, 3.8) is 0 Å². The Hall–Kier alpha value is -2.70. The molecule has 0 spiro atoms. The van der Waals surface area contributed by atoms with Crippen molar-refractivity contribution in [3.05, 3.63) is 42.0 Å². The van der Waals surface area contributed by atoms with Gasteiger partial charge in [0.05, 0.1) is 17.9 Å². The van der Waals surface area contributed by atoms with Crippen LogP contribution in [0.4, 0.5) is 26.5 Å². The fraction of sp³-hybridized carbons (Fsp3) is 0.500. The molecule has 29 heavy (non-hydrogen) atoms. The van der Waals surface area contributed by atoms with Crippen LogP contribution in [-0.2, 0) is 0 Å². The normalized spacial score (nSPS) is 25.7. The molecule has 2 aromatic rings. The number of urea groups is 1. The van der Waals surface area contributed by atoms with Gasteiger partial charge < -0.3 is 4.90 Å². The average Bonchev–Trinajstić information content (AvgIpc) is 3.14. The van der Waals surface area contributed by atoms with Crippen LogP contribution in [-0.4, -0.2) is 35.1 Å². The number of halogens is 1. The van der Waals surface area contributed by atoms with Crippen molar-refractivity contribution in [2.24, 2.45) is 5.92 Å². The van der Waals surface area contributed by atoms with Crippen molar-refractivity contribution in [2.75, 3.05) is 28.2 Å². The monoisotopic (exact) mass is 395 g/mol. The van der Waals surface area contributed by atoms with Crippen LogP contribution in [0, 0.1) is 11.7 Å². The second-order valence-corrected chi connectivity index (χ2v) is 8.60. The standard InChI is InChI=1S/C22H26FN5O/c1-14-3-2-4-15(11-14)18-6-7-19-21(25-18)28(17-9-10-27(19)13-17)22(29)26-20-8-5-16(23)12-24-20/h5-8,12,14-15,17H,2-4,9-11,13H2,1H3,(H,24,26,29)/t14?,15?,17-/m0/s1. The van der Waals surface area contributed by atoms with Crippen LogP contribution in [0.2, 0.25) is 0 Å². The molecule has 1 saturated carbocycles. The number of fused-ring (bicyclic) bond motifs is 4. The van der Waals surface area contributed by atoms with Crippen molar-refractivity contribution >= 4 is 23.4 Å². The minimum Gasteiger partial charge on any atom is -0.366 e.